The molecule has 1 heterocycles. The number of para-hydroxylation sites is 2. The summed E-state index contributed by atoms with van der Waals surface area (Å²) < 4.78 is 4.92. The molecule has 1 aliphatic heterocycles. The predicted octanol–water partition coefficient (Wildman–Crippen LogP) is 4.14. The first kappa shape index (κ1) is 16.7. The topological polar surface area (TPSA) is 52.9 Å². The second-order valence-corrected chi connectivity index (χ2v) is 6.93. The summed E-state index contributed by atoms with van der Waals surface area (Å²) in [5.41, 5.74) is 5.72. The highest BCUT2D eigenvalue weighted by Crippen LogP contribution is 2.51. The largest absolute Gasteiger partial charge is 0.707 e. The van der Waals surface area contributed by atoms with E-state index in [2.05, 4.69) is 67.3 Å². The predicted molar refractivity (Wildman–Crippen MR) is 104 cm³/mol. The molecule has 3 aromatic rings. The number of rotatable bonds is 3. The first-order valence-electron chi connectivity index (χ1n) is 8.60. The first-order chi connectivity index (χ1) is 12.5. The second kappa shape index (κ2) is 6.20. The second-order valence-electron chi connectivity index (χ2n) is 6.93. The smallest absolute Gasteiger partial charge is 0.512 e. The van der Waals surface area contributed by atoms with Crippen molar-refractivity contribution < 1.29 is 14.7 Å². The maximum Gasteiger partial charge on any atom is 0.707 e. The van der Waals surface area contributed by atoms with Gasteiger partial charge in [0, 0.05) is 11.1 Å². The van der Waals surface area contributed by atoms with E-state index in [4.69, 9.17) is 14.7 Å². The van der Waals surface area contributed by atoms with E-state index in [-0.39, 0.29) is 5.41 Å². The molecule has 0 bridgehead atoms. The summed E-state index contributed by atoms with van der Waals surface area (Å²) in [5, 5.41) is 17.9. The molecule has 0 radical (unpaired) electrons. The fraction of sp³-hybridized carbons (Fsp3) is 0.143. The number of hydrogen-bond acceptors (Lipinski definition) is 4. The van der Waals surface area contributed by atoms with Crippen molar-refractivity contribution >= 4 is 24.4 Å². The summed E-state index contributed by atoms with van der Waals surface area (Å²) in [4.78, 5) is 2.23. The maximum atomic E-state index is 8.96. The summed E-state index contributed by atoms with van der Waals surface area (Å²) >= 11 is 0. The maximum absolute atomic E-state index is 8.96. The van der Waals surface area contributed by atoms with Gasteiger partial charge in [0.2, 0.25) is 0 Å². The van der Waals surface area contributed by atoms with Gasteiger partial charge in [0.05, 0.1) is 11.4 Å². The van der Waals surface area contributed by atoms with Crippen LogP contribution in [0.5, 0.6) is 5.75 Å². The van der Waals surface area contributed by atoms with Gasteiger partial charge in [0.1, 0.15) is 5.75 Å². The van der Waals surface area contributed by atoms with Crippen LogP contribution in [0.4, 0.5) is 17.1 Å². The van der Waals surface area contributed by atoms with Crippen molar-refractivity contribution in [2.24, 2.45) is 0 Å². The molecule has 4 rings (SSSR count). The van der Waals surface area contributed by atoms with E-state index in [0.717, 1.165) is 17.1 Å². The van der Waals surface area contributed by atoms with Gasteiger partial charge in [-0.2, -0.15) is 0 Å². The van der Waals surface area contributed by atoms with Gasteiger partial charge in [0.15, 0.2) is 0 Å². The lowest BCUT2D eigenvalue weighted by atomic mass is 9.73. The lowest BCUT2D eigenvalue weighted by molar-refractivity contribution is 0.288. The molecule has 0 amide bonds. The van der Waals surface area contributed by atoms with Crippen LogP contribution in [0, 0.1) is 0 Å². The van der Waals surface area contributed by atoms with Gasteiger partial charge in [-0.25, -0.2) is 0 Å². The van der Waals surface area contributed by atoms with Crippen molar-refractivity contribution in [1.29, 1.82) is 0 Å². The van der Waals surface area contributed by atoms with Crippen molar-refractivity contribution in [2.45, 2.75) is 19.3 Å². The molecule has 0 atom stereocenters. The minimum absolute atomic E-state index is 0.0895. The van der Waals surface area contributed by atoms with Crippen LogP contribution in [0.1, 0.15) is 25.0 Å². The molecule has 1 aliphatic rings. The summed E-state index contributed by atoms with van der Waals surface area (Å²) in [6.45, 7) is 4.50. The normalized spacial score (nSPS) is 14.4. The number of nitrogens with zero attached hydrogens (tertiary/aromatic N) is 1. The molecule has 5 heteroatoms. The Kier molecular flexibility index (Phi) is 3.98. The molecule has 0 unspecified atom stereocenters. The summed E-state index contributed by atoms with van der Waals surface area (Å²) in [6.07, 6.45) is 0. The fourth-order valence-corrected chi connectivity index (χ4v) is 3.74. The molecule has 130 valence electrons. The van der Waals surface area contributed by atoms with Gasteiger partial charge in [-0.15, -0.1) is 0 Å². The molecule has 0 saturated carbocycles. The van der Waals surface area contributed by atoms with E-state index in [9.17, 15) is 0 Å². The third kappa shape index (κ3) is 2.66. The van der Waals surface area contributed by atoms with Crippen molar-refractivity contribution in [3.05, 3.63) is 83.9 Å². The van der Waals surface area contributed by atoms with Gasteiger partial charge in [-0.05, 0) is 47.5 Å². The Balaban J connectivity index is 1.87. The van der Waals surface area contributed by atoms with E-state index < -0.39 is 7.32 Å². The van der Waals surface area contributed by atoms with Crippen LogP contribution in [-0.4, -0.2) is 17.4 Å². The Bertz CT molecular complexity index is 888. The first-order valence-corrected chi connectivity index (χ1v) is 8.60. The SMILES string of the molecule is CC1(C)c2ccccc2N(c2ccc(OB(O)O)cc2)c2ccccc21. The van der Waals surface area contributed by atoms with Crippen LogP contribution in [0.15, 0.2) is 72.8 Å². The molecule has 0 fully saturated rings. The number of fused-ring (bicyclic) bond motifs is 2. The highest BCUT2D eigenvalue weighted by molar-refractivity contribution is 6.33. The van der Waals surface area contributed by atoms with Crippen LogP contribution in [0.25, 0.3) is 0 Å². The molecule has 0 saturated heterocycles. The van der Waals surface area contributed by atoms with Gasteiger partial charge < -0.3 is 19.6 Å². The third-order valence-corrected chi connectivity index (χ3v) is 4.97. The summed E-state index contributed by atoms with van der Waals surface area (Å²) in [6, 6.07) is 24.2. The van der Waals surface area contributed by atoms with Crippen LogP contribution < -0.4 is 9.55 Å². The monoisotopic (exact) mass is 345 g/mol. The quantitative estimate of drug-likeness (QED) is 0.701. The van der Waals surface area contributed by atoms with Crippen LogP contribution in [0.3, 0.4) is 0 Å². The Labute approximate surface area is 153 Å². The van der Waals surface area contributed by atoms with E-state index in [1.807, 2.05) is 12.1 Å². The van der Waals surface area contributed by atoms with E-state index in [1.165, 1.54) is 11.1 Å². The van der Waals surface area contributed by atoms with E-state index >= 15 is 0 Å². The average Bonchev–Trinajstić information content (AvgIpc) is 2.63. The average molecular weight is 345 g/mol. The zero-order valence-corrected chi connectivity index (χ0v) is 14.8. The van der Waals surface area contributed by atoms with Crippen molar-refractivity contribution in [3.8, 4) is 5.75 Å². The summed E-state index contributed by atoms with van der Waals surface area (Å²) in [5.74, 6) is 0.405. The van der Waals surface area contributed by atoms with Crippen molar-refractivity contribution in [3.63, 3.8) is 0 Å². The highest BCUT2D eigenvalue weighted by Gasteiger charge is 2.36. The fourth-order valence-electron chi connectivity index (χ4n) is 3.74. The minimum Gasteiger partial charge on any atom is -0.512 e. The highest BCUT2D eigenvalue weighted by atomic mass is 16.6. The Morgan fingerprint density at radius 2 is 1.27 bits per heavy atom. The van der Waals surface area contributed by atoms with Gasteiger partial charge in [-0.3, -0.25) is 0 Å². The lowest BCUT2D eigenvalue weighted by Gasteiger charge is -2.42. The lowest BCUT2D eigenvalue weighted by Crippen LogP contribution is -2.30. The van der Waals surface area contributed by atoms with Gasteiger partial charge in [0.25, 0.3) is 0 Å². The van der Waals surface area contributed by atoms with Crippen molar-refractivity contribution in [2.75, 3.05) is 4.90 Å². The standard InChI is InChI=1S/C21H20BNO3/c1-21(2)17-7-3-5-9-19(17)23(20-10-6-4-8-18(20)21)15-11-13-16(14-12-15)26-22(24)25/h3-14,24-25H,1-2H3. The molecule has 0 aromatic heterocycles. The minimum atomic E-state index is -1.82. The van der Waals surface area contributed by atoms with E-state index in [0.29, 0.717) is 5.75 Å². The van der Waals surface area contributed by atoms with Crippen molar-refractivity contribution in [1.82, 2.24) is 0 Å². The Hall–Kier alpha value is -2.76. The molecule has 0 aliphatic carbocycles. The molecular formula is C21H20BNO3. The zero-order valence-electron chi connectivity index (χ0n) is 14.8. The molecule has 3 aromatic carbocycles. The van der Waals surface area contributed by atoms with E-state index in [1.54, 1.807) is 12.1 Å². The molecule has 0 spiro atoms. The van der Waals surface area contributed by atoms with Crippen LogP contribution in [-0.2, 0) is 5.41 Å². The molecular weight excluding hydrogens is 325 g/mol. The Morgan fingerprint density at radius 1 is 0.769 bits per heavy atom. The van der Waals surface area contributed by atoms with Gasteiger partial charge >= 0.3 is 7.32 Å². The number of anilines is 3. The number of benzene rings is 3. The molecule has 2 N–H and O–H groups in total. The molecule has 4 nitrogen and oxygen atoms in total. The Morgan fingerprint density at radius 3 is 1.77 bits per heavy atom. The number of hydrogen-bond donors (Lipinski definition) is 2. The molecule has 26 heavy (non-hydrogen) atoms. The zero-order chi connectivity index (χ0) is 18.3. The summed E-state index contributed by atoms with van der Waals surface area (Å²) in [7, 11) is -1.82. The van der Waals surface area contributed by atoms with Crippen LogP contribution in [0.2, 0.25) is 0 Å². The van der Waals surface area contributed by atoms with Gasteiger partial charge in [-0.1, -0.05) is 50.2 Å². The third-order valence-electron chi connectivity index (χ3n) is 4.97. The van der Waals surface area contributed by atoms with Crippen LogP contribution >= 0.6 is 0 Å².